The molecule has 1 aliphatic carbocycles. The standard InChI is InChI=1S/C11H14BrNO2S/c12-10-8(6-9(14)15)16-11(13-10)7-4-2-1-3-5-7/h7H,1-6H2,(H,14,15). The Bertz CT molecular complexity index is 385. The molecule has 1 fully saturated rings. The van der Waals surface area contributed by atoms with E-state index >= 15 is 0 Å². The molecule has 0 spiro atoms. The summed E-state index contributed by atoms with van der Waals surface area (Å²) in [6, 6.07) is 0. The van der Waals surface area contributed by atoms with Crippen LogP contribution in [0.3, 0.4) is 0 Å². The van der Waals surface area contributed by atoms with Gasteiger partial charge in [0.25, 0.3) is 0 Å². The molecule has 88 valence electrons. The molecular weight excluding hydrogens is 290 g/mol. The normalized spacial score (nSPS) is 17.6. The molecule has 0 aromatic carbocycles. The highest BCUT2D eigenvalue weighted by Gasteiger charge is 2.21. The molecule has 0 radical (unpaired) electrons. The molecule has 1 aromatic heterocycles. The molecule has 0 amide bonds. The van der Waals surface area contributed by atoms with Crippen molar-refractivity contribution < 1.29 is 9.90 Å². The summed E-state index contributed by atoms with van der Waals surface area (Å²) >= 11 is 4.90. The minimum atomic E-state index is -0.792. The van der Waals surface area contributed by atoms with Gasteiger partial charge in [-0.25, -0.2) is 4.98 Å². The van der Waals surface area contributed by atoms with Gasteiger partial charge in [-0.05, 0) is 28.8 Å². The molecule has 16 heavy (non-hydrogen) atoms. The quantitative estimate of drug-likeness (QED) is 0.928. The molecule has 5 heteroatoms. The largest absolute Gasteiger partial charge is 0.481 e. The van der Waals surface area contributed by atoms with Crippen molar-refractivity contribution >= 4 is 33.2 Å². The van der Waals surface area contributed by atoms with Crippen LogP contribution in [0.5, 0.6) is 0 Å². The van der Waals surface area contributed by atoms with Crippen LogP contribution >= 0.6 is 27.3 Å². The Morgan fingerprint density at radius 3 is 2.75 bits per heavy atom. The summed E-state index contributed by atoms with van der Waals surface area (Å²) in [5.41, 5.74) is 0. The van der Waals surface area contributed by atoms with Crippen molar-refractivity contribution in [3.05, 3.63) is 14.5 Å². The summed E-state index contributed by atoms with van der Waals surface area (Å²) in [4.78, 5) is 16.0. The maximum Gasteiger partial charge on any atom is 0.308 e. The van der Waals surface area contributed by atoms with Gasteiger partial charge in [0.2, 0.25) is 0 Å². The van der Waals surface area contributed by atoms with E-state index in [-0.39, 0.29) is 6.42 Å². The van der Waals surface area contributed by atoms with Gasteiger partial charge in [0, 0.05) is 5.92 Å². The first-order chi connectivity index (χ1) is 7.66. The molecule has 0 atom stereocenters. The van der Waals surface area contributed by atoms with Crippen LogP contribution in [0.2, 0.25) is 0 Å². The topological polar surface area (TPSA) is 50.2 Å². The Hall–Kier alpha value is -0.420. The second-order valence-corrected chi connectivity index (χ2v) is 6.04. The fourth-order valence-corrected chi connectivity index (χ4v) is 3.93. The van der Waals surface area contributed by atoms with E-state index in [0.29, 0.717) is 5.92 Å². The summed E-state index contributed by atoms with van der Waals surface area (Å²) in [5.74, 6) is -0.239. The monoisotopic (exact) mass is 303 g/mol. The van der Waals surface area contributed by atoms with Crippen molar-refractivity contribution in [3.63, 3.8) is 0 Å². The number of hydrogen-bond donors (Lipinski definition) is 1. The lowest BCUT2D eigenvalue weighted by atomic mass is 9.90. The predicted octanol–water partition coefficient (Wildman–Crippen LogP) is 3.58. The fraction of sp³-hybridized carbons (Fsp3) is 0.636. The number of nitrogens with zero attached hydrogens (tertiary/aromatic N) is 1. The lowest BCUT2D eigenvalue weighted by molar-refractivity contribution is -0.136. The first kappa shape index (κ1) is 12.0. The van der Waals surface area contributed by atoms with Crippen LogP contribution in [-0.2, 0) is 11.2 Å². The van der Waals surface area contributed by atoms with Gasteiger partial charge in [0.1, 0.15) is 4.60 Å². The van der Waals surface area contributed by atoms with Crippen LogP contribution in [0, 0.1) is 0 Å². The zero-order chi connectivity index (χ0) is 11.5. The minimum Gasteiger partial charge on any atom is -0.481 e. The number of thiazole rings is 1. The Balaban J connectivity index is 2.12. The zero-order valence-corrected chi connectivity index (χ0v) is 11.3. The molecular formula is C11H14BrNO2S. The van der Waals surface area contributed by atoms with Crippen molar-refractivity contribution in [3.8, 4) is 0 Å². The molecule has 2 rings (SSSR count). The summed E-state index contributed by atoms with van der Waals surface area (Å²) in [6.07, 6.45) is 6.35. The van der Waals surface area contributed by atoms with E-state index in [1.54, 1.807) is 11.3 Å². The number of carboxylic acid groups (broad SMARTS) is 1. The lowest BCUT2D eigenvalue weighted by Gasteiger charge is -2.18. The Morgan fingerprint density at radius 1 is 1.44 bits per heavy atom. The van der Waals surface area contributed by atoms with Gasteiger partial charge < -0.3 is 5.11 Å². The van der Waals surface area contributed by atoms with Crippen molar-refractivity contribution in [1.29, 1.82) is 0 Å². The highest BCUT2D eigenvalue weighted by molar-refractivity contribution is 9.10. The van der Waals surface area contributed by atoms with E-state index < -0.39 is 5.97 Å². The van der Waals surface area contributed by atoms with Crippen LogP contribution in [0.15, 0.2) is 4.60 Å². The first-order valence-corrected chi connectivity index (χ1v) is 7.14. The van der Waals surface area contributed by atoms with E-state index in [0.717, 1.165) is 14.5 Å². The predicted molar refractivity (Wildman–Crippen MR) is 67.0 cm³/mol. The minimum absolute atomic E-state index is 0.0744. The van der Waals surface area contributed by atoms with E-state index in [2.05, 4.69) is 20.9 Å². The molecule has 3 nitrogen and oxygen atoms in total. The number of aliphatic carboxylic acids is 1. The Labute approximate surface area is 107 Å². The van der Waals surface area contributed by atoms with Crippen LogP contribution in [0.4, 0.5) is 0 Å². The van der Waals surface area contributed by atoms with Gasteiger partial charge in [-0.1, -0.05) is 19.3 Å². The van der Waals surface area contributed by atoms with Gasteiger partial charge in [-0.15, -0.1) is 11.3 Å². The van der Waals surface area contributed by atoms with Crippen LogP contribution in [0.1, 0.15) is 47.9 Å². The van der Waals surface area contributed by atoms with Crippen molar-refractivity contribution in [1.82, 2.24) is 4.98 Å². The zero-order valence-electron chi connectivity index (χ0n) is 8.91. The van der Waals surface area contributed by atoms with E-state index in [1.807, 2.05) is 0 Å². The number of aromatic nitrogens is 1. The summed E-state index contributed by atoms with van der Waals surface area (Å²) in [6.45, 7) is 0. The maximum absolute atomic E-state index is 10.7. The SMILES string of the molecule is O=C(O)Cc1sc(C2CCCCC2)nc1Br. The summed E-state index contributed by atoms with van der Waals surface area (Å²) in [5, 5.41) is 9.88. The number of halogens is 1. The third kappa shape index (κ3) is 2.83. The average molecular weight is 304 g/mol. The first-order valence-electron chi connectivity index (χ1n) is 5.53. The van der Waals surface area contributed by atoms with Crippen LogP contribution in [-0.4, -0.2) is 16.1 Å². The molecule has 0 aliphatic heterocycles. The molecule has 1 heterocycles. The van der Waals surface area contributed by atoms with E-state index in [9.17, 15) is 4.79 Å². The van der Waals surface area contributed by atoms with E-state index in [4.69, 9.17) is 5.11 Å². The molecule has 0 saturated heterocycles. The van der Waals surface area contributed by atoms with Crippen LogP contribution < -0.4 is 0 Å². The third-order valence-electron chi connectivity index (χ3n) is 2.93. The highest BCUT2D eigenvalue weighted by atomic mass is 79.9. The van der Waals surface area contributed by atoms with Crippen molar-refractivity contribution in [2.45, 2.75) is 44.4 Å². The second kappa shape index (κ2) is 5.27. The Morgan fingerprint density at radius 2 is 2.12 bits per heavy atom. The number of rotatable bonds is 3. The number of hydrogen-bond acceptors (Lipinski definition) is 3. The van der Waals surface area contributed by atoms with Crippen molar-refractivity contribution in [2.75, 3.05) is 0 Å². The van der Waals surface area contributed by atoms with Gasteiger partial charge >= 0.3 is 5.97 Å². The summed E-state index contributed by atoms with van der Waals surface area (Å²) in [7, 11) is 0. The third-order valence-corrected chi connectivity index (χ3v) is 5.07. The molecule has 1 N–H and O–H groups in total. The van der Waals surface area contributed by atoms with Gasteiger partial charge in [-0.3, -0.25) is 4.79 Å². The molecule has 1 aliphatic rings. The highest BCUT2D eigenvalue weighted by Crippen LogP contribution is 2.37. The molecule has 0 unspecified atom stereocenters. The maximum atomic E-state index is 10.7. The van der Waals surface area contributed by atoms with E-state index in [1.165, 1.54) is 32.1 Å². The lowest BCUT2D eigenvalue weighted by Crippen LogP contribution is -2.03. The molecule has 0 bridgehead atoms. The number of carbonyl (C=O) groups is 1. The van der Waals surface area contributed by atoms with Gasteiger partial charge in [0.05, 0.1) is 16.3 Å². The molecule has 1 saturated carbocycles. The second-order valence-electron chi connectivity index (χ2n) is 4.17. The van der Waals surface area contributed by atoms with Crippen LogP contribution in [0.25, 0.3) is 0 Å². The summed E-state index contributed by atoms with van der Waals surface area (Å²) < 4.78 is 0.723. The van der Waals surface area contributed by atoms with Gasteiger partial charge in [0.15, 0.2) is 0 Å². The molecule has 1 aromatic rings. The average Bonchev–Trinajstić information content (AvgIpc) is 2.61. The fourth-order valence-electron chi connectivity index (χ4n) is 2.12. The number of carboxylic acids is 1. The smallest absolute Gasteiger partial charge is 0.308 e. The van der Waals surface area contributed by atoms with Gasteiger partial charge in [-0.2, -0.15) is 0 Å². The van der Waals surface area contributed by atoms with Crippen molar-refractivity contribution in [2.24, 2.45) is 0 Å². The Kier molecular flexibility index (Phi) is 3.97.